The zero-order valence-electron chi connectivity index (χ0n) is 9.52. The Bertz CT molecular complexity index is 413. The van der Waals surface area contributed by atoms with Gasteiger partial charge in [-0.1, -0.05) is 0 Å². The summed E-state index contributed by atoms with van der Waals surface area (Å²) < 4.78 is 51.0. The van der Waals surface area contributed by atoms with Gasteiger partial charge in [-0.15, -0.1) is 0 Å². The number of nitrogens with zero attached hydrogens (tertiary/aromatic N) is 1. The maximum Gasteiger partial charge on any atom is 0.420 e. The Balaban J connectivity index is 2.21. The highest BCUT2D eigenvalue weighted by molar-refractivity contribution is 5.46. The number of alkyl halides is 3. The molecule has 1 aliphatic rings. The van der Waals surface area contributed by atoms with Gasteiger partial charge in [0.05, 0.1) is 6.20 Å². The van der Waals surface area contributed by atoms with Crippen LogP contribution in [0.3, 0.4) is 0 Å². The maximum atomic E-state index is 12.9. The van der Waals surface area contributed by atoms with E-state index >= 15 is 0 Å². The highest BCUT2D eigenvalue weighted by atomic mass is 19.4. The fraction of sp³-hybridized carbons (Fsp3) is 0.545. The molecule has 1 aliphatic heterocycles. The Morgan fingerprint density at radius 3 is 2.56 bits per heavy atom. The quantitative estimate of drug-likeness (QED) is 0.804. The molecule has 0 spiro atoms. The van der Waals surface area contributed by atoms with Crippen molar-refractivity contribution in [2.45, 2.75) is 25.1 Å². The molecule has 2 rings (SSSR count). The minimum absolute atomic E-state index is 0.0645. The Hall–Kier alpha value is -1.37. The molecule has 1 fully saturated rings. The van der Waals surface area contributed by atoms with Crippen LogP contribution in [0.1, 0.15) is 18.4 Å². The van der Waals surface area contributed by atoms with E-state index in [0.717, 1.165) is 32.1 Å². The van der Waals surface area contributed by atoms with Crippen LogP contribution >= 0.6 is 0 Å². The van der Waals surface area contributed by atoms with Crippen molar-refractivity contribution in [3.63, 3.8) is 0 Å². The number of nitrogens with one attached hydrogen (secondary N) is 2. The lowest BCUT2D eigenvalue weighted by atomic mass is 10.1. The Labute approximate surface area is 102 Å². The van der Waals surface area contributed by atoms with Crippen LogP contribution in [0.4, 0.5) is 23.4 Å². The fourth-order valence-corrected chi connectivity index (χ4v) is 1.93. The van der Waals surface area contributed by atoms with Crippen molar-refractivity contribution in [1.82, 2.24) is 10.3 Å². The van der Waals surface area contributed by atoms with Crippen molar-refractivity contribution < 1.29 is 17.6 Å². The maximum absolute atomic E-state index is 12.9. The van der Waals surface area contributed by atoms with Crippen LogP contribution in [-0.4, -0.2) is 24.1 Å². The first kappa shape index (κ1) is 13.1. The van der Waals surface area contributed by atoms with Crippen molar-refractivity contribution in [2.24, 2.45) is 0 Å². The van der Waals surface area contributed by atoms with Crippen LogP contribution in [0, 0.1) is 5.82 Å². The summed E-state index contributed by atoms with van der Waals surface area (Å²) in [6, 6.07) is 0.404. The Morgan fingerprint density at radius 2 is 1.94 bits per heavy atom. The summed E-state index contributed by atoms with van der Waals surface area (Å²) in [7, 11) is 0. The van der Waals surface area contributed by atoms with E-state index in [1.807, 2.05) is 0 Å². The zero-order chi connectivity index (χ0) is 13.2. The second-order valence-corrected chi connectivity index (χ2v) is 4.22. The minimum atomic E-state index is -4.61. The van der Waals surface area contributed by atoms with Gasteiger partial charge in [0, 0.05) is 6.04 Å². The predicted molar refractivity (Wildman–Crippen MR) is 58.7 cm³/mol. The van der Waals surface area contributed by atoms with Gasteiger partial charge in [-0.25, -0.2) is 9.37 Å². The lowest BCUT2D eigenvalue weighted by Gasteiger charge is -2.25. The van der Waals surface area contributed by atoms with Crippen molar-refractivity contribution in [1.29, 1.82) is 0 Å². The number of anilines is 1. The number of hydrogen-bond donors (Lipinski definition) is 2. The molecule has 2 heterocycles. The van der Waals surface area contributed by atoms with E-state index in [-0.39, 0.29) is 11.9 Å². The molecule has 0 amide bonds. The Morgan fingerprint density at radius 1 is 1.28 bits per heavy atom. The standard InChI is InChI=1S/C11H13F4N3/c12-7-5-9(11(13,14)15)10(17-6-7)18-8-1-3-16-4-2-8/h5-6,8,16H,1-4H2,(H,17,18). The summed E-state index contributed by atoms with van der Waals surface area (Å²) >= 11 is 0. The summed E-state index contributed by atoms with van der Waals surface area (Å²) in [6.07, 6.45) is -2.38. The molecule has 0 atom stereocenters. The van der Waals surface area contributed by atoms with Gasteiger partial charge < -0.3 is 10.6 Å². The molecular weight excluding hydrogens is 250 g/mol. The van der Waals surface area contributed by atoms with E-state index in [1.54, 1.807) is 0 Å². The highest BCUT2D eigenvalue weighted by Gasteiger charge is 2.35. The van der Waals surface area contributed by atoms with Crippen molar-refractivity contribution in [2.75, 3.05) is 18.4 Å². The van der Waals surface area contributed by atoms with E-state index in [0.29, 0.717) is 6.07 Å². The van der Waals surface area contributed by atoms with E-state index in [2.05, 4.69) is 15.6 Å². The number of halogens is 4. The summed E-state index contributed by atoms with van der Waals surface area (Å²) in [5.74, 6) is -1.28. The molecule has 100 valence electrons. The summed E-state index contributed by atoms with van der Waals surface area (Å²) in [4.78, 5) is 3.51. The molecule has 1 aromatic heterocycles. The largest absolute Gasteiger partial charge is 0.420 e. The van der Waals surface area contributed by atoms with E-state index in [1.165, 1.54) is 0 Å². The zero-order valence-corrected chi connectivity index (χ0v) is 9.52. The minimum Gasteiger partial charge on any atom is -0.367 e. The molecule has 0 saturated carbocycles. The third-order valence-electron chi connectivity index (χ3n) is 2.84. The van der Waals surface area contributed by atoms with Crippen LogP contribution in [0.5, 0.6) is 0 Å². The van der Waals surface area contributed by atoms with Crippen LogP contribution in [-0.2, 0) is 6.18 Å². The van der Waals surface area contributed by atoms with Gasteiger partial charge >= 0.3 is 6.18 Å². The number of piperidine rings is 1. The summed E-state index contributed by atoms with van der Waals surface area (Å²) in [6.45, 7) is 1.50. The van der Waals surface area contributed by atoms with E-state index in [9.17, 15) is 17.6 Å². The Kier molecular flexibility index (Phi) is 3.70. The molecule has 0 aromatic carbocycles. The number of hydrogen-bond acceptors (Lipinski definition) is 3. The second kappa shape index (κ2) is 5.09. The summed E-state index contributed by atoms with van der Waals surface area (Å²) in [5, 5.41) is 5.86. The molecular formula is C11H13F4N3. The number of aromatic nitrogens is 1. The molecule has 0 aliphatic carbocycles. The smallest absolute Gasteiger partial charge is 0.367 e. The average Bonchev–Trinajstić information content (AvgIpc) is 2.31. The van der Waals surface area contributed by atoms with E-state index in [4.69, 9.17) is 0 Å². The molecule has 1 aromatic rings. The first-order valence-corrected chi connectivity index (χ1v) is 5.67. The van der Waals surface area contributed by atoms with Crippen molar-refractivity contribution >= 4 is 5.82 Å². The van der Waals surface area contributed by atoms with Gasteiger partial charge in [-0.05, 0) is 32.0 Å². The molecule has 3 nitrogen and oxygen atoms in total. The molecule has 1 saturated heterocycles. The number of pyridine rings is 1. The van der Waals surface area contributed by atoms with Crippen molar-refractivity contribution in [3.05, 3.63) is 23.6 Å². The third kappa shape index (κ3) is 3.10. The van der Waals surface area contributed by atoms with Crippen LogP contribution in [0.15, 0.2) is 12.3 Å². The highest BCUT2D eigenvalue weighted by Crippen LogP contribution is 2.34. The van der Waals surface area contributed by atoms with Gasteiger partial charge in [0.25, 0.3) is 0 Å². The van der Waals surface area contributed by atoms with E-state index < -0.39 is 17.6 Å². The molecule has 7 heteroatoms. The van der Waals surface area contributed by atoms with Crippen LogP contribution < -0.4 is 10.6 Å². The molecule has 2 N–H and O–H groups in total. The third-order valence-corrected chi connectivity index (χ3v) is 2.84. The first-order valence-electron chi connectivity index (χ1n) is 5.67. The van der Waals surface area contributed by atoms with Gasteiger partial charge in [-0.2, -0.15) is 13.2 Å². The van der Waals surface area contributed by atoms with Gasteiger partial charge in [0.15, 0.2) is 0 Å². The van der Waals surface area contributed by atoms with Gasteiger partial charge in [0.1, 0.15) is 17.2 Å². The van der Waals surface area contributed by atoms with Crippen LogP contribution in [0.2, 0.25) is 0 Å². The first-order chi connectivity index (χ1) is 8.47. The normalized spacial score (nSPS) is 17.8. The SMILES string of the molecule is Fc1cnc(NC2CCNCC2)c(C(F)(F)F)c1. The fourth-order valence-electron chi connectivity index (χ4n) is 1.93. The van der Waals surface area contributed by atoms with Gasteiger partial charge in [0.2, 0.25) is 0 Å². The lowest BCUT2D eigenvalue weighted by molar-refractivity contribution is -0.137. The molecule has 0 radical (unpaired) electrons. The summed E-state index contributed by atoms with van der Waals surface area (Å²) in [5.41, 5.74) is -1.05. The molecule has 18 heavy (non-hydrogen) atoms. The lowest BCUT2D eigenvalue weighted by Crippen LogP contribution is -2.36. The van der Waals surface area contributed by atoms with Crippen molar-refractivity contribution in [3.8, 4) is 0 Å². The second-order valence-electron chi connectivity index (χ2n) is 4.22. The van der Waals surface area contributed by atoms with Gasteiger partial charge in [-0.3, -0.25) is 0 Å². The monoisotopic (exact) mass is 263 g/mol. The van der Waals surface area contributed by atoms with Crippen LogP contribution in [0.25, 0.3) is 0 Å². The topological polar surface area (TPSA) is 37.0 Å². The number of rotatable bonds is 2. The molecule has 0 unspecified atom stereocenters. The molecule has 0 bridgehead atoms. The predicted octanol–water partition coefficient (Wildman–Crippen LogP) is 2.40. The average molecular weight is 263 g/mol.